The first kappa shape index (κ1) is 16.0. The Kier molecular flexibility index (Phi) is 5.42. The van der Waals surface area contributed by atoms with E-state index in [0.29, 0.717) is 0 Å². The summed E-state index contributed by atoms with van der Waals surface area (Å²) in [4.78, 5) is 2.23. The molecule has 0 spiro atoms. The standard InChI is InChI=1S/C16H20N2O2.ClH/c19-11-14(18-9-7-17-8-10-18)16-13-4-2-1-3-12(13)5-6-15(16)20;/h1-6,14,17,19-20H,7-11H2;1H/t14-;/m0./s1. The quantitative estimate of drug-likeness (QED) is 0.811. The van der Waals surface area contributed by atoms with E-state index in [0.717, 1.165) is 42.5 Å². The molecule has 0 saturated carbocycles. The highest BCUT2D eigenvalue weighted by atomic mass is 35.5. The first-order chi connectivity index (χ1) is 9.81. The monoisotopic (exact) mass is 308 g/mol. The summed E-state index contributed by atoms with van der Waals surface area (Å²) in [5, 5.41) is 25.6. The maximum absolute atomic E-state index is 10.3. The molecule has 1 aliphatic rings. The van der Waals surface area contributed by atoms with Gasteiger partial charge in [-0.1, -0.05) is 30.3 Å². The van der Waals surface area contributed by atoms with Crippen LogP contribution in [-0.4, -0.2) is 47.9 Å². The van der Waals surface area contributed by atoms with Crippen LogP contribution >= 0.6 is 12.4 Å². The number of nitrogens with zero attached hydrogens (tertiary/aromatic N) is 1. The minimum absolute atomic E-state index is 0. The fourth-order valence-electron chi connectivity index (χ4n) is 3.02. The van der Waals surface area contributed by atoms with Crippen molar-refractivity contribution in [2.45, 2.75) is 6.04 Å². The number of nitrogens with one attached hydrogen (secondary N) is 1. The lowest BCUT2D eigenvalue weighted by molar-refractivity contribution is 0.110. The van der Waals surface area contributed by atoms with Gasteiger partial charge in [-0.2, -0.15) is 0 Å². The van der Waals surface area contributed by atoms with Crippen LogP contribution in [0.3, 0.4) is 0 Å². The van der Waals surface area contributed by atoms with Gasteiger partial charge in [0, 0.05) is 31.7 Å². The number of phenolic OH excluding ortho intramolecular Hbond substituents is 1. The topological polar surface area (TPSA) is 55.7 Å². The summed E-state index contributed by atoms with van der Waals surface area (Å²) in [6.07, 6.45) is 0. The SMILES string of the molecule is Cl.OC[C@@H](c1c(O)ccc2ccccc12)N1CCNCC1. The summed E-state index contributed by atoms with van der Waals surface area (Å²) in [7, 11) is 0. The third-order valence-electron chi connectivity index (χ3n) is 4.05. The number of fused-ring (bicyclic) bond motifs is 1. The molecule has 0 amide bonds. The fraction of sp³-hybridized carbons (Fsp3) is 0.375. The van der Waals surface area contributed by atoms with Gasteiger partial charge in [0.05, 0.1) is 12.6 Å². The Morgan fingerprint density at radius 2 is 1.81 bits per heavy atom. The van der Waals surface area contributed by atoms with Crippen LogP contribution in [0.1, 0.15) is 11.6 Å². The van der Waals surface area contributed by atoms with Crippen molar-refractivity contribution in [2.24, 2.45) is 0 Å². The molecule has 1 saturated heterocycles. The van der Waals surface area contributed by atoms with Crippen LogP contribution in [0.2, 0.25) is 0 Å². The zero-order valence-corrected chi connectivity index (χ0v) is 12.6. The summed E-state index contributed by atoms with van der Waals surface area (Å²) >= 11 is 0. The molecule has 0 aliphatic carbocycles. The molecule has 5 heteroatoms. The van der Waals surface area contributed by atoms with Crippen molar-refractivity contribution in [1.82, 2.24) is 10.2 Å². The summed E-state index contributed by atoms with van der Waals surface area (Å²) in [6.45, 7) is 3.62. The van der Waals surface area contributed by atoms with E-state index in [4.69, 9.17) is 0 Å². The molecule has 1 atom stereocenters. The number of rotatable bonds is 3. The van der Waals surface area contributed by atoms with Crippen LogP contribution in [0.5, 0.6) is 5.75 Å². The second-order valence-corrected chi connectivity index (χ2v) is 5.20. The lowest BCUT2D eigenvalue weighted by atomic mass is 9.96. The van der Waals surface area contributed by atoms with Crippen molar-refractivity contribution in [3.8, 4) is 5.75 Å². The molecular weight excluding hydrogens is 288 g/mol. The van der Waals surface area contributed by atoms with Crippen molar-refractivity contribution in [3.05, 3.63) is 42.0 Å². The molecule has 0 unspecified atom stereocenters. The molecule has 0 aromatic heterocycles. The number of hydrogen-bond donors (Lipinski definition) is 3. The van der Waals surface area contributed by atoms with Crippen LogP contribution in [-0.2, 0) is 0 Å². The lowest BCUT2D eigenvalue weighted by Crippen LogP contribution is -2.46. The number of aromatic hydroxyl groups is 1. The van der Waals surface area contributed by atoms with E-state index in [2.05, 4.69) is 10.2 Å². The molecule has 114 valence electrons. The molecule has 0 bridgehead atoms. The van der Waals surface area contributed by atoms with E-state index in [1.54, 1.807) is 6.07 Å². The van der Waals surface area contributed by atoms with Crippen molar-refractivity contribution < 1.29 is 10.2 Å². The van der Waals surface area contributed by atoms with Gasteiger partial charge >= 0.3 is 0 Å². The molecule has 3 N–H and O–H groups in total. The predicted octanol–water partition coefficient (Wildman–Crippen LogP) is 1.91. The highest BCUT2D eigenvalue weighted by Crippen LogP contribution is 2.35. The minimum Gasteiger partial charge on any atom is -0.508 e. The van der Waals surface area contributed by atoms with Crippen molar-refractivity contribution in [3.63, 3.8) is 0 Å². The molecule has 0 radical (unpaired) electrons. The smallest absolute Gasteiger partial charge is 0.121 e. The van der Waals surface area contributed by atoms with Crippen LogP contribution in [0, 0.1) is 0 Å². The van der Waals surface area contributed by atoms with Crippen molar-refractivity contribution in [2.75, 3.05) is 32.8 Å². The molecule has 21 heavy (non-hydrogen) atoms. The molecule has 2 aromatic rings. The number of benzene rings is 2. The average Bonchev–Trinajstić information content (AvgIpc) is 2.51. The Bertz CT molecular complexity index is 600. The first-order valence-electron chi connectivity index (χ1n) is 7.07. The van der Waals surface area contributed by atoms with Gasteiger partial charge in [-0.3, -0.25) is 4.90 Å². The number of phenols is 1. The zero-order valence-electron chi connectivity index (χ0n) is 11.8. The van der Waals surface area contributed by atoms with Crippen LogP contribution in [0.25, 0.3) is 10.8 Å². The average molecular weight is 309 g/mol. The normalized spacial score (nSPS) is 17.4. The third-order valence-corrected chi connectivity index (χ3v) is 4.05. The second-order valence-electron chi connectivity index (χ2n) is 5.20. The van der Waals surface area contributed by atoms with Crippen LogP contribution in [0.4, 0.5) is 0 Å². The van der Waals surface area contributed by atoms with E-state index in [1.165, 1.54) is 0 Å². The number of piperazine rings is 1. The molecular formula is C16H21ClN2O2. The van der Waals surface area contributed by atoms with Crippen molar-refractivity contribution >= 4 is 23.2 Å². The van der Waals surface area contributed by atoms with Crippen LogP contribution in [0.15, 0.2) is 36.4 Å². The third kappa shape index (κ3) is 3.14. The lowest BCUT2D eigenvalue weighted by Gasteiger charge is -2.34. The van der Waals surface area contributed by atoms with Gasteiger partial charge in [-0.15, -0.1) is 12.4 Å². The Morgan fingerprint density at radius 3 is 2.52 bits per heavy atom. The minimum atomic E-state index is -0.150. The van der Waals surface area contributed by atoms with E-state index >= 15 is 0 Å². The summed E-state index contributed by atoms with van der Waals surface area (Å²) < 4.78 is 0. The number of halogens is 1. The highest BCUT2D eigenvalue weighted by Gasteiger charge is 2.25. The Morgan fingerprint density at radius 1 is 1.10 bits per heavy atom. The molecule has 1 heterocycles. The Balaban J connectivity index is 0.00000161. The van der Waals surface area contributed by atoms with Gasteiger partial charge in [0.2, 0.25) is 0 Å². The zero-order chi connectivity index (χ0) is 13.9. The summed E-state index contributed by atoms with van der Waals surface area (Å²) in [6, 6.07) is 11.5. The van der Waals surface area contributed by atoms with Gasteiger partial charge in [0.1, 0.15) is 5.75 Å². The van der Waals surface area contributed by atoms with E-state index in [-0.39, 0.29) is 30.8 Å². The van der Waals surface area contributed by atoms with Gasteiger partial charge in [0.25, 0.3) is 0 Å². The maximum atomic E-state index is 10.3. The van der Waals surface area contributed by atoms with Gasteiger partial charge in [-0.25, -0.2) is 0 Å². The number of aliphatic hydroxyl groups is 1. The molecule has 1 aliphatic heterocycles. The second kappa shape index (κ2) is 7.09. The largest absolute Gasteiger partial charge is 0.508 e. The van der Waals surface area contributed by atoms with E-state index < -0.39 is 0 Å². The van der Waals surface area contributed by atoms with Gasteiger partial charge in [0.15, 0.2) is 0 Å². The summed E-state index contributed by atoms with van der Waals surface area (Å²) in [5.41, 5.74) is 0.840. The number of hydrogen-bond acceptors (Lipinski definition) is 4. The van der Waals surface area contributed by atoms with E-state index in [9.17, 15) is 10.2 Å². The van der Waals surface area contributed by atoms with Crippen LogP contribution < -0.4 is 5.32 Å². The number of aliphatic hydroxyl groups excluding tert-OH is 1. The van der Waals surface area contributed by atoms with Gasteiger partial charge in [-0.05, 0) is 16.8 Å². The molecule has 4 nitrogen and oxygen atoms in total. The van der Waals surface area contributed by atoms with Crippen molar-refractivity contribution in [1.29, 1.82) is 0 Å². The Labute approximate surface area is 130 Å². The Hall–Kier alpha value is -1.33. The molecule has 2 aromatic carbocycles. The maximum Gasteiger partial charge on any atom is 0.121 e. The first-order valence-corrected chi connectivity index (χ1v) is 7.07. The predicted molar refractivity (Wildman–Crippen MR) is 87.1 cm³/mol. The summed E-state index contributed by atoms with van der Waals surface area (Å²) in [5.74, 6) is 0.265. The fourth-order valence-corrected chi connectivity index (χ4v) is 3.02. The highest BCUT2D eigenvalue weighted by molar-refractivity contribution is 5.88. The van der Waals surface area contributed by atoms with E-state index in [1.807, 2.05) is 30.3 Å². The van der Waals surface area contributed by atoms with Gasteiger partial charge < -0.3 is 15.5 Å². The molecule has 3 rings (SSSR count). The molecule has 1 fully saturated rings.